The van der Waals surface area contributed by atoms with Crippen LogP contribution in [0.4, 0.5) is 5.13 Å². The Labute approximate surface area is 208 Å². The molecule has 2 heterocycles. The van der Waals surface area contributed by atoms with Crippen LogP contribution in [0, 0.1) is 28.6 Å². The fraction of sp³-hybridized carbons (Fsp3) is 0.778. The first-order chi connectivity index (χ1) is 16.3. The number of aromatic nitrogens is 1. The molecule has 0 aromatic carbocycles. The number of anilines is 1. The molecule has 0 amide bonds. The summed E-state index contributed by atoms with van der Waals surface area (Å²) in [5, 5.41) is 3.40. The maximum atomic E-state index is 11.8. The first-order valence-corrected chi connectivity index (χ1v) is 14.2. The number of rotatable bonds is 3. The molecule has 5 aliphatic rings. The molecular weight excluding hydrogens is 444 g/mol. The number of hydrogen-bond donors (Lipinski definition) is 1. The lowest BCUT2D eigenvalue weighted by Gasteiger charge is -2.56. The Hall–Kier alpha value is -1.44. The first-order valence-electron chi connectivity index (χ1n) is 13.4. The SMILES string of the molecule is CC(=O)O[C@H]1CC[C@H]2[C@@H]3CC=C4c5sc(NN6CCN(C)CC6)nc5CC[C@]4(C)[C@H]3CC[C@]12C. The second kappa shape index (κ2) is 8.31. The van der Waals surface area contributed by atoms with Crippen LogP contribution in [0.1, 0.15) is 69.9 Å². The van der Waals surface area contributed by atoms with E-state index in [0.717, 1.165) is 50.1 Å². The molecule has 0 unspecified atom stereocenters. The summed E-state index contributed by atoms with van der Waals surface area (Å²) in [5.74, 6) is 2.00. The summed E-state index contributed by atoms with van der Waals surface area (Å²) < 4.78 is 5.84. The third kappa shape index (κ3) is 3.56. The Morgan fingerprint density at radius 1 is 1.15 bits per heavy atom. The van der Waals surface area contributed by atoms with Gasteiger partial charge in [-0.1, -0.05) is 31.3 Å². The lowest BCUT2D eigenvalue weighted by atomic mass is 9.48. The number of hydrogen-bond acceptors (Lipinski definition) is 7. The molecule has 1 aromatic heterocycles. The van der Waals surface area contributed by atoms with E-state index < -0.39 is 0 Å². The molecule has 34 heavy (non-hydrogen) atoms. The minimum atomic E-state index is -0.113. The van der Waals surface area contributed by atoms with Gasteiger partial charge in [0.05, 0.1) is 10.6 Å². The van der Waals surface area contributed by atoms with Crippen LogP contribution in [-0.2, 0) is 16.0 Å². The number of thiazole rings is 1. The monoisotopic (exact) mass is 484 g/mol. The quantitative estimate of drug-likeness (QED) is 0.620. The highest BCUT2D eigenvalue weighted by molar-refractivity contribution is 7.16. The minimum Gasteiger partial charge on any atom is -0.462 e. The number of hydrazine groups is 1. The van der Waals surface area contributed by atoms with Gasteiger partial charge < -0.3 is 9.64 Å². The molecule has 3 fully saturated rings. The van der Waals surface area contributed by atoms with Crippen LogP contribution in [0.5, 0.6) is 0 Å². The minimum absolute atomic E-state index is 0.108. The zero-order valence-corrected chi connectivity index (χ0v) is 22.0. The van der Waals surface area contributed by atoms with E-state index in [0.29, 0.717) is 11.8 Å². The van der Waals surface area contributed by atoms with Crippen molar-refractivity contribution in [3.8, 4) is 0 Å². The summed E-state index contributed by atoms with van der Waals surface area (Å²) in [4.78, 5) is 20.6. The van der Waals surface area contributed by atoms with Crippen molar-refractivity contribution in [2.75, 3.05) is 38.7 Å². The standard InChI is InChI=1S/C27H40N4O2S/c1-17(32)33-23-8-7-19-18-5-6-21-24-22(10-12-26(21,2)20(18)9-11-27(19,23)3)28-25(34-24)29-31-15-13-30(4)14-16-31/h6,18-20,23H,5,7-16H2,1-4H3,(H,28,29)/t18-,19-,20-,23-,26+,27-/m0/s1. The number of aryl methyl sites for hydroxylation is 1. The summed E-state index contributed by atoms with van der Waals surface area (Å²) in [7, 11) is 2.19. The predicted octanol–water partition coefficient (Wildman–Crippen LogP) is 4.83. The van der Waals surface area contributed by atoms with Crippen molar-refractivity contribution in [1.29, 1.82) is 0 Å². The smallest absolute Gasteiger partial charge is 0.302 e. The highest BCUT2D eigenvalue weighted by Crippen LogP contribution is 2.66. The number of piperazine rings is 1. The molecule has 7 heteroatoms. The second-order valence-corrected chi connectivity index (χ2v) is 13.1. The Bertz CT molecular complexity index is 999. The van der Waals surface area contributed by atoms with Gasteiger partial charge in [-0.15, -0.1) is 0 Å². The van der Waals surface area contributed by atoms with E-state index in [1.54, 1.807) is 12.5 Å². The molecule has 0 bridgehead atoms. The molecule has 4 aliphatic carbocycles. The number of likely N-dealkylation sites (N-methyl/N-ethyl adjacent to an activating group) is 1. The molecule has 6 rings (SSSR count). The summed E-state index contributed by atoms with van der Waals surface area (Å²) in [6.45, 7) is 10.8. The number of allylic oxidation sites excluding steroid dienone is 2. The van der Waals surface area contributed by atoms with Crippen molar-refractivity contribution >= 4 is 28.0 Å². The van der Waals surface area contributed by atoms with Gasteiger partial charge in [0.25, 0.3) is 0 Å². The zero-order chi connectivity index (χ0) is 23.7. The lowest BCUT2D eigenvalue weighted by Crippen LogP contribution is -2.50. The molecule has 1 aromatic rings. The largest absolute Gasteiger partial charge is 0.462 e. The third-order valence-electron chi connectivity index (χ3n) is 10.3. The summed E-state index contributed by atoms with van der Waals surface area (Å²) in [6.07, 6.45) is 10.8. The van der Waals surface area contributed by atoms with Crippen molar-refractivity contribution in [3.05, 3.63) is 16.6 Å². The molecule has 2 saturated carbocycles. The lowest BCUT2D eigenvalue weighted by molar-refractivity contribution is -0.156. The second-order valence-electron chi connectivity index (χ2n) is 12.1. The van der Waals surface area contributed by atoms with Crippen molar-refractivity contribution in [3.63, 3.8) is 0 Å². The molecule has 1 saturated heterocycles. The maximum Gasteiger partial charge on any atom is 0.302 e. The van der Waals surface area contributed by atoms with Gasteiger partial charge in [0.1, 0.15) is 6.10 Å². The molecule has 1 aliphatic heterocycles. The van der Waals surface area contributed by atoms with E-state index in [9.17, 15) is 4.79 Å². The molecule has 6 nitrogen and oxygen atoms in total. The van der Waals surface area contributed by atoms with E-state index in [2.05, 4.69) is 42.3 Å². The number of esters is 1. The van der Waals surface area contributed by atoms with Gasteiger partial charge in [0, 0.05) is 38.5 Å². The van der Waals surface area contributed by atoms with Gasteiger partial charge in [-0.25, -0.2) is 9.99 Å². The van der Waals surface area contributed by atoms with Gasteiger partial charge in [-0.3, -0.25) is 10.2 Å². The van der Waals surface area contributed by atoms with Crippen LogP contribution in [0.15, 0.2) is 6.08 Å². The summed E-state index contributed by atoms with van der Waals surface area (Å²) in [6, 6.07) is 0. The highest BCUT2D eigenvalue weighted by Gasteiger charge is 2.59. The number of fused-ring (bicyclic) bond motifs is 7. The van der Waals surface area contributed by atoms with Crippen LogP contribution >= 0.6 is 11.3 Å². The molecule has 186 valence electrons. The first kappa shape index (κ1) is 23.0. The van der Waals surface area contributed by atoms with Crippen LogP contribution < -0.4 is 5.43 Å². The van der Waals surface area contributed by atoms with Gasteiger partial charge in [-0.2, -0.15) is 0 Å². The van der Waals surface area contributed by atoms with Crippen molar-refractivity contribution < 1.29 is 9.53 Å². The summed E-state index contributed by atoms with van der Waals surface area (Å²) in [5.41, 5.74) is 6.91. The van der Waals surface area contributed by atoms with Gasteiger partial charge in [-0.05, 0) is 80.7 Å². The van der Waals surface area contributed by atoms with Crippen LogP contribution in [0.2, 0.25) is 0 Å². The van der Waals surface area contributed by atoms with Crippen LogP contribution in [0.25, 0.3) is 5.57 Å². The molecule has 1 N–H and O–H groups in total. The average Bonchev–Trinajstić information content (AvgIpc) is 3.35. The van der Waals surface area contributed by atoms with Gasteiger partial charge in [0.2, 0.25) is 0 Å². The Kier molecular flexibility index (Phi) is 5.62. The molecular formula is C27H40N4O2S. The maximum absolute atomic E-state index is 11.8. The Morgan fingerprint density at radius 2 is 1.94 bits per heavy atom. The third-order valence-corrected chi connectivity index (χ3v) is 11.3. The normalized spacial score (nSPS) is 39.9. The van der Waals surface area contributed by atoms with Gasteiger partial charge in [0.15, 0.2) is 5.13 Å². The molecule has 0 spiro atoms. The van der Waals surface area contributed by atoms with E-state index in [-0.39, 0.29) is 22.9 Å². The average molecular weight is 485 g/mol. The number of carbonyl (C=O) groups excluding carboxylic acids is 1. The fourth-order valence-electron chi connectivity index (χ4n) is 8.32. The topological polar surface area (TPSA) is 57.7 Å². The number of nitrogens with zero attached hydrogens (tertiary/aromatic N) is 3. The van der Waals surface area contributed by atoms with E-state index >= 15 is 0 Å². The van der Waals surface area contributed by atoms with E-state index in [1.165, 1.54) is 42.7 Å². The van der Waals surface area contributed by atoms with Crippen LogP contribution in [-0.4, -0.2) is 60.2 Å². The van der Waals surface area contributed by atoms with Gasteiger partial charge >= 0.3 is 5.97 Å². The summed E-state index contributed by atoms with van der Waals surface area (Å²) >= 11 is 1.88. The van der Waals surface area contributed by atoms with E-state index in [1.807, 2.05) is 11.3 Å². The van der Waals surface area contributed by atoms with E-state index in [4.69, 9.17) is 9.72 Å². The Morgan fingerprint density at radius 3 is 2.71 bits per heavy atom. The van der Waals surface area contributed by atoms with Crippen molar-refractivity contribution in [2.24, 2.45) is 28.6 Å². The number of nitrogens with one attached hydrogen (secondary N) is 1. The fourth-order valence-corrected chi connectivity index (χ4v) is 9.54. The van der Waals surface area contributed by atoms with Crippen molar-refractivity contribution in [2.45, 2.75) is 71.8 Å². The Balaban J connectivity index is 1.24. The molecule has 6 atom stereocenters. The highest BCUT2D eigenvalue weighted by atomic mass is 32.1. The zero-order valence-electron chi connectivity index (χ0n) is 21.2. The van der Waals surface area contributed by atoms with Crippen molar-refractivity contribution in [1.82, 2.24) is 14.9 Å². The van der Waals surface area contributed by atoms with Crippen LogP contribution in [0.3, 0.4) is 0 Å². The number of ether oxygens (including phenoxy) is 1. The number of carbonyl (C=O) groups is 1. The predicted molar refractivity (Wildman–Crippen MR) is 136 cm³/mol. The molecule has 0 radical (unpaired) electrons.